The van der Waals surface area contributed by atoms with E-state index in [1.807, 2.05) is 0 Å². The third-order valence-electron chi connectivity index (χ3n) is 6.03. The number of carbonyl (C=O) groups excluding carboxylic acids is 1. The highest BCUT2D eigenvalue weighted by molar-refractivity contribution is 6.13. The van der Waals surface area contributed by atoms with Crippen molar-refractivity contribution in [1.29, 1.82) is 0 Å². The molecule has 1 amide bonds. The summed E-state index contributed by atoms with van der Waals surface area (Å²) in [6.07, 6.45) is 3.14. The number of halogens is 3. The number of nitrogens with two attached hydrogens (primary N) is 1. The number of allylic oxidation sites excluding steroid dienone is 1. The number of fused-ring (bicyclic) bond motifs is 1. The molecule has 10 heteroatoms. The number of rotatable bonds is 6. The molecule has 4 rings (SSSR count). The van der Waals surface area contributed by atoms with Crippen molar-refractivity contribution < 1.29 is 18.0 Å². The standard InChI is InChI=1S/C22H27F3N6O/c1-27-11-16(20(26)13-5-6-13)21(32)29-15-9-7-14(8-10-15)28-18-3-2-4-19-30-17(12-31(18)19)22(23,24)25/h2-4,11-15,28H,5-10,26H2,1H3,(H,29,32)/b20-16+,27-11?. The quantitative estimate of drug-likeness (QED) is 0.465. The zero-order valence-corrected chi connectivity index (χ0v) is 17.8. The Balaban J connectivity index is 1.37. The van der Waals surface area contributed by atoms with E-state index >= 15 is 0 Å². The van der Waals surface area contributed by atoms with Crippen LogP contribution in [0.4, 0.5) is 19.0 Å². The van der Waals surface area contributed by atoms with Crippen LogP contribution >= 0.6 is 0 Å². The van der Waals surface area contributed by atoms with Gasteiger partial charge in [0.1, 0.15) is 11.5 Å². The number of carbonyl (C=O) groups is 1. The lowest BCUT2D eigenvalue weighted by Gasteiger charge is -2.30. The molecule has 0 radical (unpaired) electrons. The molecule has 0 saturated heterocycles. The van der Waals surface area contributed by atoms with Crippen LogP contribution in [-0.4, -0.2) is 40.6 Å². The van der Waals surface area contributed by atoms with Crippen LogP contribution in [0.25, 0.3) is 5.65 Å². The first kappa shape index (κ1) is 22.2. The van der Waals surface area contributed by atoms with Gasteiger partial charge in [-0.15, -0.1) is 0 Å². The van der Waals surface area contributed by atoms with Crippen LogP contribution in [-0.2, 0) is 11.0 Å². The van der Waals surface area contributed by atoms with E-state index in [-0.39, 0.29) is 29.6 Å². The molecule has 2 aromatic heterocycles. The first-order chi connectivity index (χ1) is 15.3. The Morgan fingerprint density at radius 1 is 1.19 bits per heavy atom. The zero-order valence-electron chi connectivity index (χ0n) is 17.8. The average molecular weight is 448 g/mol. The van der Waals surface area contributed by atoms with Gasteiger partial charge in [0, 0.05) is 37.2 Å². The molecule has 4 N–H and O–H groups in total. The second kappa shape index (κ2) is 8.84. The Morgan fingerprint density at radius 2 is 1.88 bits per heavy atom. The number of hydrogen-bond donors (Lipinski definition) is 3. The van der Waals surface area contributed by atoms with Crippen molar-refractivity contribution in [3.05, 3.63) is 41.4 Å². The largest absolute Gasteiger partial charge is 0.434 e. The smallest absolute Gasteiger partial charge is 0.401 e. The molecule has 2 aromatic rings. The second-order valence-electron chi connectivity index (χ2n) is 8.46. The number of aliphatic imine (C=N–C) groups is 1. The Morgan fingerprint density at radius 3 is 2.50 bits per heavy atom. The summed E-state index contributed by atoms with van der Waals surface area (Å²) in [6, 6.07) is 5.09. The van der Waals surface area contributed by atoms with Crippen LogP contribution in [0.15, 0.2) is 40.7 Å². The molecule has 0 aliphatic heterocycles. The summed E-state index contributed by atoms with van der Waals surface area (Å²) in [5.74, 6) is 0.649. The van der Waals surface area contributed by atoms with Crippen molar-refractivity contribution in [2.75, 3.05) is 12.4 Å². The fraction of sp³-hybridized carbons (Fsp3) is 0.500. The van der Waals surface area contributed by atoms with E-state index in [0.717, 1.165) is 44.7 Å². The first-order valence-electron chi connectivity index (χ1n) is 10.8. The van der Waals surface area contributed by atoms with Crippen LogP contribution in [0.5, 0.6) is 0 Å². The van der Waals surface area contributed by atoms with Crippen molar-refractivity contribution in [1.82, 2.24) is 14.7 Å². The predicted octanol–water partition coefficient (Wildman–Crippen LogP) is 3.52. The monoisotopic (exact) mass is 448 g/mol. The van der Waals surface area contributed by atoms with E-state index in [1.54, 1.807) is 25.2 Å². The van der Waals surface area contributed by atoms with E-state index in [2.05, 4.69) is 20.6 Å². The molecule has 7 nitrogen and oxygen atoms in total. The molecule has 32 heavy (non-hydrogen) atoms. The van der Waals surface area contributed by atoms with Crippen LogP contribution in [0, 0.1) is 5.92 Å². The van der Waals surface area contributed by atoms with Crippen molar-refractivity contribution in [2.24, 2.45) is 16.6 Å². The number of aromatic nitrogens is 2. The van der Waals surface area contributed by atoms with Crippen molar-refractivity contribution >= 4 is 23.6 Å². The molecular weight excluding hydrogens is 421 g/mol. The van der Waals surface area contributed by atoms with E-state index < -0.39 is 11.9 Å². The van der Waals surface area contributed by atoms with E-state index in [9.17, 15) is 18.0 Å². The van der Waals surface area contributed by atoms with Crippen LogP contribution < -0.4 is 16.4 Å². The molecule has 0 aromatic carbocycles. The Labute approximate surface area is 184 Å². The minimum absolute atomic E-state index is 0.0219. The maximum absolute atomic E-state index is 13.0. The van der Waals surface area contributed by atoms with Crippen molar-refractivity contribution in [3.8, 4) is 0 Å². The SMILES string of the molecule is CN=C/C(C(=O)NC1CCC(Nc2cccc3nc(C(F)(F)F)cn23)CC1)=C(\N)C1CC1. The minimum Gasteiger partial charge on any atom is -0.401 e. The maximum atomic E-state index is 13.0. The second-order valence-corrected chi connectivity index (χ2v) is 8.46. The average Bonchev–Trinajstić information content (AvgIpc) is 3.50. The number of nitrogens with zero attached hydrogens (tertiary/aromatic N) is 3. The van der Waals surface area contributed by atoms with Gasteiger partial charge in [0.15, 0.2) is 5.69 Å². The third kappa shape index (κ3) is 4.89. The van der Waals surface area contributed by atoms with Gasteiger partial charge in [-0.2, -0.15) is 13.2 Å². The molecule has 2 aliphatic carbocycles. The fourth-order valence-electron chi connectivity index (χ4n) is 4.13. The zero-order chi connectivity index (χ0) is 22.9. The Bertz CT molecular complexity index is 1050. The lowest BCUT2D eigenvalue weighted by atomic mass is 9.91. The van der Waals surface area contributed by atoms with Crippen molar-refractivity contribution in [3.63, 3.8) is 0 Å². The summed E-state index contributed by atoms with van der Waals surface area (Å²) in [5.41, 5.74) is 6.52. The Kier molecular flexibility index (Phi) is 6.12. The molecule has 0 bridgehead atoms. The van der Waals surface area contributed by atoms with Gasteiger partial charge in [0.2, 0.25) is 0 Å². The minimum atomic E-state index is -4.49. The van der Waals surface area contributed by atoms with Gasteiger partial charge in [0.25, 0.3) is 5.91 Å². The van der Waals surface area contributed by atoms with Gasteiger partial charge in [-0.05, 0) is 56.6 Å². The molecule has 2 fully saturated rings. The van der Waals surface area contributed by atoms with E-state index in [4.69, 9.17) is 5.73 Å². The molecule has 2 heterocycles. The van der Waals surface area contributed by atoms with Gasteiger partial charge in [-0.25, -0.2) is 4.98 Å². The number of nitrogens with one attached hydrogen (secondary N) is 2. The van der Waals surface area contributed by atoms with E-state index in [0.29, 0.717) is 17.1 Å². The molecule has 2 aliphatic rings. The van der Waals surface area contributed by atoms with Crippen molar-refractivity contribution in [2.45, 2.75) is 56.8 Å². The van der Waals surface area contributed by atoms with Gasteiger partial charge >= 0.3 is 6.18 Å². The number of alkyl halides is 3. The van der Waals surface area contributed by atoms with Gasteiger partial charge in [-0.1, -0.05) is 6.07 Å². The first-order valence-corrected chi connectivity index (χ1v) is 10.8. The van der Waals surface area contributed by atoms with E-state index in [1.165, 1.54) is 10.6 Å². The summed E-state index contributed by atoms with van der Waals surface area (Å²) in [7, 11) is 1.61. The molecular formula is C22H27F3N6O. The molecule has 0 spiro atoms. The maximum Gasteiger partial charge on any atom is 0.434 e. The highest BCUT2D eigenvalue weighted by Gasteiger charge is 2.34. The third-order valence-corrected chi connectivity index (χ3v) is 6.03. The molecule has 2 saturated carbocycles. The lowest BCUT2D eigenvalue weighted by molar-refractivity contribution is -0.140. The molecule has 172 valence electrons. The molecule has 0 unspecified atom stereocenters. The number of hydrogen-bond acceptors (Lipinski definition) is 5. The van der Waals surface area contributed by atoms with Gasteiger partial charge in [0.05, 0.1) is 5.57 Å². The highest BCUT2D eigenvalue weighted by atomic mass is 19.4. The summed E-state index contributed by atoms with van der Waals surface area (Å²) < 4.78 is 40.5. The summed E-state index contributed by atoms with van der Waals surface area (Å²) >= 11 is 0. The number of amides is 1. The topological polar surface area (TPSA) is 96.8 Å². The summed E-state index contributed by atoms with van der Waals surface area (Å²) in [4.78, 5) is 20.4. The van der Waals surface area contributed by atoms with Crippen LogP contribution in [0.2, 0.25) is 0 Å². The predicted molar refractivity (Wildman–Crippen MR) is 116 cm³/mol. The van der Waals surface area contributed by atoms with Gasteiger partial charge < -0.3 is 16.4 Å². The highest BCUT2D eigenvalue weighted by Crippen LogP contribution is 2.35. The summed E-state index contributed by atoms with van der Waals surface area (Å²) in [6.45, 7) is 0. The number of imidazole rings is 1. The molecule has 0 atom stereocenters. The number of pyridine rings is 1. The van der Waals surface area contributed by atoms with Crippen LogP contribution in [0.1, 0.15) is 44.2 Å². The number of anilines is 1. The van der Waals surface area contributed by atoms with Crippen LogP contribution in [0.3, 0.4) is 0 Å². The van der Waals surface area contributed by atoms with Gasteiger partial charge in [-0.3, -0.25) is 14.2 Å². The summed E-state index contributed by atoms with van der Waals surface area (Å²) in [5, 5.41) is 6.40. The fourth-order valence-corrected chi connectivity index (χ4v) is 4.13. The normalized spacial score (nSPS) is 22.8. The Hall–Kier alpha value is -3.04. The lowest BCUT2D eigenvalue weighted by Crippen LogP contribution is -2.41.